The second-order valence-corrected chi connectivity index (χ2v) is 2.85. The molecule has 72 valence electrons. The molecule has 0 bridgehead atoms. The van der Waals surface area contributed by atoms with Crippen molar-refractivity contribution in [3.05, 3.63) is 23.8 Å². The van der Waals surface area contributed by atoms with Gasteiger partial charge in [-0.3, -0.25) is 10.2 Å². The van der Waals surface area contributed by atoms with Gasteiger partial charge in [-0.15, -0.1) is 0 Å². The third kappa shape index (κ3) is 1.42. The molecule has 0 aliphatic heterocycles. The van der Waals surface area contributed by atoms with E-state index in [1.807, 2.05) is 18.2 Å². The van der Waals surface area contributed by atoms with Crippen LogP contribution in [0.4, 0.5) is 0 Å². The molecular formula is C8H9N5O. The van der Waals surface area contributed by atoms with Gasteiger partial charge in [0, 0.05) is 0 Å². The Kier molecular flexibility index (Phi) is 2.11. The minimum atomic E-state index is -0.250. The molecule has 2 aromatic rings. The van der Waals surface area contributed by atoms with E-state index < -0.39 is 0 Å². The molecule has 0 atom stereocenters. The number of rotatable bonds is 2. The van der Waals surface area contributed by atoms with Crippen molar-refractivity contribution in [1.82, 2.24) is 20.8 Å². The van der Waals surface area contributed by atoms with Gasteiger partial charge in [0.05, 0.1) is 6.42 Å². The Balaban J connectivity index is 2.41. The minimum absolute atomic E-state index is 0.209. The first-order valence-electron chi connectivity index (χ1n) is 4.09. The number of aromatic nitrogens is 3. The summed E-state index contributed by atoms with van der Waals surface area (Å²) in [5.41, 5.74) is 4.33. The van der Waals surface area contributed by atoms with E-state index in [2.05, 4.69) is 20.8 Å². The number of nitrogens with one attached hydrogen (secondary N) is 2. The molecule has 1 aromatic heterocycles. The average molecular weight is 191 g/mol. The van der Waals surface area contributed by atoms with Crippen LogP contribution in [0.25, 0.3) is 11.0 Å². The van der Waals surface area contributed by atoms with Crippen LogP contribution in [-0.2, 0) is 11.2 Å². The fraction of sp³-hybridized carbons (Fsp3) is 0.125. The fourth-order valence-electron chi connectivity index (χ4n) is 1.29. The molecule has 1 heterocycles. The summed E-state index contributed by atoms with van der Waals surface area (Å²) in [4.78, 5) is 11.1. The highest BCUT2D eigenvalue weighted by molar-refractivity contribution is 5.85. The second kappa shape index (κ2) is 3.43. The molecule has 0 fully saturated rings. The number of amides is 1. The van der Waals surface area contributed by atoms with Crippen molar-refractivity contribution >= 4 is 16.9 Å². The quantitative estimate of drug-likeness (QED) is 0.338. The number of hydrogen-bond acceptors (Lipinski definition) is 4. The number of benzene rings is 1. The van der Waals surface area contributed by atoms with Crippen LogP contribution in [0.5, 0.6) is 0 Å². The van der Waals surface area contributed by atoms with E-state index >= 15 is 0 Å². The van der Waals surface area contributed by atoms with Gasteiger partial charge in [0.25, 0.3) is 0 Å². The Bertz CT molecular complexity index is 463. The van der Waals surface area contributed by atoms with E-state index in [1.165, 1.54) is 0 Å². The maximum absolute atomic E-state index is 11.1. The van der Waals surface area contributed by atoms with Gasteiger partial charge in [0.1, 0.15) is 11.0 Å². The van der Waals surface area contributed by atoms with E-state index in [-0.39, 0.29) is 12.3 Å². The SMILES string of the molecule is NNC(=O)Cc1cccc2n[nH]nc12. The van der Waals surface area contributed by atoms with Gasteiger partial charge in [0.2, 0.25) is 5.91 Å². The summed E-state index contributed by atoms with van der Waals surface area (Å²) in [6.45, 7) is 0. The predicted molar refractivity (Wildman–Crippen MR) is 49.9 cm³/mol. The first-order chi connectivity index (χ1) is 6.81. The highest BCUT2D eigenvalue weighted by atomic mass is 16.2. The van der Waals surface area contributed by atoms with Gasteiger partial charge in [0.15, 0.2) is 0 Å². The number of hydrazine groups is 1. The molecule has 0 aliphatic rings. The minimum Gasteiger partial charge on any atom is -0.294 e. The lowest BCUT2D eigenvalue weighted by Gasteiger charge is -1.99. The van der Waals surface area contributed by atoms with Gasteiger partial charge < -0.3 is 0 Å². The van der Waals surface area contributed by atoms with E-state index in [4.69, 9.17) is 5.84 Å². The summed E-state index contributed by atoms with van der Waals surface area (Å²) in [6, 6.07) is 5.47. The summed E-state index contributed by atoms with van der Waals surface area (Å²) < 4.78 is 0. The zero-order chi connectivity index (χ0) is 9.97. The molecule has 14 heavy (non-hydrogen) atoms. The maximum Gasteiger partial charge on any atom is 0.238 e. The zero-order valence-electron chi connectivity index (χ0n) is 7.32. The normalized spacial score (nSPS) is 10.4. The predicted octanol–water partition coefficient (Wildman–Crippen LogP) is -0.510. The second-order valence-electron chi connectivity index (χ2n) is 2.85. The maximum atomic E-state index is 11.1. The van der Waals surface area contributed by atoms with Crippen molar-refractivity contribution in [2.24, 2.45) is 5.84 Å². The molecule has 0 spiro atoms. The number of H-pyrrole nitrogens is 1. The smallest absolute Gasteiger partial charge is 0.238 e. The van der Waals surface area contributed by atoms with Gasteiger partial charge >= 0.3 is 0 Å². The Morgan fingerprint density at radius 2 is 2.36 bits per heavy atom. The summed E-state index contributed by atoms with van der Waals surface area (Å²) >= 11 is 0. The molecule has 4 N–H and O–H groups in total. The number of carbonyl (C=O) groups is 1. The van der Waals surface area contributed by atoms with E-state index in [0.29, 0.717) is 5.52 Å². The molecule has 0 saturated heterocycles. The average Bonchev–Trinajstić information content (AvgIpc) is 2.66. The molecule has 0 unspecified atom stereocenters. The van der Waals surface area contributed by atoms with Crippen LogP contribution in [-0.4, -0.2) is 21.3 Å². The van der Waals surface area contributed by atoms with Gasteiger partial charge in [-0.25, -0.2) is 5.84 Å². The number of fused-ring (bicyclic) bond motifs is 1. The third-order valence-corrected chi connectivity index (χ3v) is 1.94. The molecule has 1 aromatic carbocycles. The van der Waals surface area contributed by atoms with E-state index in [0.717, 1.165) is 11.1 Å². The number of hydrogen-bond donors (Lipinski definition) is 3. The van der Waals surface area contributed by atoms with Crippen molar-refractivity contribution in [2.45, 2.75) is 6.42 Å². The Labute approximate surface area is 79.4 Å². The topological polar surface area (TPSA) is 96.7 Å². The zero-order valence-corrected chi connectivity index (χ0v) is 7.32. The van der Waals surface area contributed by atoms with Crippen molar-refractivity contribution in [3.8, 4) is 0 Å². The Hall–Kier alpha value is -1.95. The molecule has 1 amide bonds. The standard InChI is InChI=1S/C8H9N5O/c9-10-7(14)4-5-2-1-3-6-8(5)12-13-11-6/h1-3H,4,9H2,(H,10,14)(H,11,12,13). The van der Waals surface area contributed by atoms with Crippen molar-refractivity contribution < 1.29 is 4.79 Å². The number of nitrogens with two attached hydrogens (primary N) is 1. The summed E-state index contributed by atoms with van der Waals surface area (Å²) in [6.07, 6.45) is 0.209. The van der Waals surface area contributed by atoms with Crippen molar-refractivity contribution in [3.63, 3.8) is 0 Å². The van der Waals surface area contributed by atoms with Crippen LogP contribution >= 0.6 is 0 Å². The summed E-state index contributed by atoms with van der Waals surface area (Å²) in [7, 11) is 0. The van der Waals surface area contributed by atoms with E-state index in [9.17, 15) is 4.79 Å². The van der Waals surface area contributed by atoms with Crippen molar-refractivity contribution in [1.29, 1.82) is 0 Å². The van der Waals surface area contributed by atoms with Gasteiger partial charge in [-0.1, -0.05) is 12.1 Å². The van der Waals surface area contributed by atoms with E-state index in [1.54, 1.807) is 0 Å². The number of carbonyl (C=O) groups excluding carboxylic acids is 1. The van der Waals surface area contributed by atoms with Crippen molar-refractivity contribution in [2.75, 3.05) is 0 Å². The number of aromatic amines is 1. The van der Waals surface area contributed by atoms with Gasteiger partial charge in [-0.05, 0) is 11.6 Å². The number of para-hydroxylation sites is 1. The summed E-state index contributed by atoms with van der Waals surface area (Å²) in [5, 5.41) is 10.4. The highest BCUT2D eigenvalue weighted by Gasteiger charge is 2.07. The van der Waals surface area contributed by atoms with Crippen LogP contribution in [0.3, 0.4) is 0 Å². The Morgan fingerprint density at radius 1 is 1.50 bits per heavy atom. The van der Waals surface area contributed by atoms with Crippen LogP contribution in [0.1, 0.15) is 5.56 Å². The van der Waals surface area contributed by atoms with Crippen LogP contribution in [0.15, 0.2) is 18.2 Å². The highest BCUT2D eigenvalue weighted by Crippen LogP contribution is 2.13. The van der Waals surface area contributed by atoms with Crippen LogP contribution < -0.4 is 11.3 Å². The third-order valence-electron chi connectivity index (χ3n) is 1.94. The van der Waals surface area contributed by atoms with Crippen LogP contribution in [0, 0.1) is 0 Å². The molecule has 2 rings (SSSR count). The number of nitrogens with zero attached hydrogens (tertiary/aromatic N) is 2. The lowest BCUT2D eigenvalue weighted by molar-refractivity contribution is -0.120. The Morgan fingerprint density at radius 3 is 3.14 bits per heavy atom. The monoisotopic (exact) mass is 191 g/mol. The summed E-state index contributed by atoms with van der Waals surface area (Å²) in [5.74, 6) is 4.75. The molecular weight excluding hydrogens is 182 g/mol. The molecule has 6 nitrogen and oxygen atoms in total. The molecule has 6 heteroatoms. The van der Waals surface area contributed by atoms with Crippen LogP contribution in [0.2, 0.25) is 0 Å². The first-order valence-corrected chi connectivity index (χ1v) is 4.09. The molecule has 0 saturated carbocycles. The largest absolute Gasteiger partial charge is 0.294 e. The molecule has 0 aliphatic carbocycles. The first kappa shape index (κ1) is 8.64. The molecule has 0 radical (unpaired) electrons. The fourth-order valence-corrected chi connectivity index (χ4v) is 1.29. The lowest BCUT2D eigenvalue weighted by atomic mass is 10.1. The van der Waals surface area contributed by atoms with Gasteiger partial charge in [-0.2, -0.15) is 15.4 Å². The lowest BCUT2D eigenvalue weighted by Crippen LogP contribution is -2.31.